The van der Waals surface area contributed by atoms with Crippen molar-refractivity contribution < 1.29 is 14.3 Å². The second kappa shape index (κ2) is 7.31. The number of nitrogens with zero attached hydrogens (tertiary/aromatic N) is 4. The van der Waals surface area contributed by atoms with Crippen LogP contribution in [0.5, 0.6) is 0 Å². The number of carbonyl (C=O) groups is 1. The van der Waals surface area contributed by atoms with Crippen LogP contribution >= 0.6 is 11.9 Å². The molecule has 0 bridgehead atoms. The summed E-state index contributed by atoms with van der Waals surface area (Å²) in [7, 11) is 0. The maximum atomic E-state index is 13.5. The summed E-state index contributed by atoms with van der Waals surface area (Å²) >= 11 is 1.47. The Balaban J connectivity index is 2.03. The van der Waals surface area contributed by atoms with Gasteiger partial charge in [0.05, 0.1) is 17.0 Å². The Labute approximate surface area is 164 Å². The molecule has 1 aromatic carbocycles. The topological polar surface area (TPSA) is 79.8 Å². The van der Waals surface area contributed by atoms with Gasteiger partial charge in [0, 0.05) is 19.0 Å². The monoisotopic (exact) mass is 402 g/mol. The lowest BCUT2D eigenvalue weighted by atomic mass is 10.0. The molecule has 1 aromatic heterocycles. The van der Waals surface area contributed by atoms with E-state index in [-0.39, 0.29) is 5.56 Å². The molecule has 7 nitrogen and oxygen atoms in total. The summed E-state index contributed by atoms with van der Waals surface area (Å²) in [6.45, 7) is 0.962. The van der Waals surface area contributed by atoms with Crippen LogP contribution in [0.15, 0.2) is 40.1 Å². The Morgan fingerprint density at radius 3 is 2.75 bits per heavy atom. The number of hydrogen-bond donors (Lipinski definition) is 1. The number of fused-ring (bicyclic) bond motifs is 1. The van der Waals surface area contributed by atoms with Crippen LogP contribution < -0.4 is 5.56 Å². The van der Waals surface area contributed by atoms with Gasteiger partial charge in [0.25, 0.3) is 5.56 Å². The van der Waals surface area contributed by atoms with Gasteiger partial charge in [0.1, 0.15) is 12.5 Å². The summed E-state index contributed by atoms with van der Waals surface area (Å²) in [5.41, 5.74) is 1.99. The maximum absolute atomic E-state index is 13.5. The van der Waals surface area contributed by atoms with Crippen molar-refractivity contribution in [3.8, 4) is 11.1 Å². The van der Waals surface area contributed by atoms with Crippen molar-refractivity contribution in [1.82, 2.24) is 13.7 Å². The molecule has 0 radical (unpaired) electrons. The molecule has 0 saturated carbocycles. The quantitative estimate of drug-likeness (QED) is 0.796. The summed E-state index contributed by atoms with van der Waals surface area (Å²) in [6, 6.07) is 4.79. The van der Waals surface area contributed by atoms with E-state index in [0.29, 0.717) is 42.9 Å². The van der Waals surface area contributed by atoms with Crippen molar-refractivity contribution >= 4 is 29.8 Å². The lowest BCUT2D eigenvalue weighted by molar-refractivity contribution is -0.142. The highest BCUT2D eigenvalue weighted by Gasteiger charge is 2.34. The number of hydrogen-bond acceptors (Lipinski definition) is 5. The highest BCUT2D eigenvalue weighted by molar-refractivity contribution is 7.96. The van der Waals surface area contributed by atoms with Crippen molar-refractivity contribution in [1.29, 1.82) is 0 Å². The van der Waals surface area contributed by atoms with Gasteiger partial charge in [-0.05, 0) is 36.6 Å². The van der Waals surface area contributed by atoms with Gasteiger partial charge in [0.2, 0.25) is 0 Å². The Morgan fingerprint density at radius 2 is 2.07 bits per heavy atom. The SMILES string of the molecule is CSN1CN=CC=C1c1c(-c2ccc(F)cc2)c(=O)n2n1CCCC2C(=O)O. The predicted octanol–water partition coefficient (Wildman–Crippen LogP) is 2.84. The smallest absolute Gasteiger partial charge is 0.328 e. The molecular weight excluding hydrogens is 383 g/mol. The molecule has 1 N–H and O–H groups in total. The van der Waals surface area contributed by atoms with Crippen LogP contribution in [0.1, 0.15) is 24.6 Å². The van der Waals surface area contributed by atoms with E-state index < -0.39 is 17.8 Å². The van der Waals surface area contributed by atoms with Crippen LogP contribution in [0.25, 0.3) is 16.8 Å². The number of aliphatic imine (C=N–C) groups is 1. The Kier molecular flexibility index (Phi) is 4.84. The van der Waals surface area contributed by atoms with Crippen LogP contribution in [-0.2, 0) is 11.3 Å². The molecular formula is C19H19FN4O3S. The zero-order valence-corrected chi connectivity index (χ0v) is 16.0. The first-order valence-corrected chi connectivity index (χ1v) is 10.1. The Hall–Kier alpha value is -2.81. The molecule has 0 amide bonds. The average molecular weight is 402 g/mol. The fourth-order valence-corrected chi connectivity index (χ4v) is 4.30. The first-order valence-electron chi connectivity index (χ1n) is 8.89. The fraction of sp³-hybridized carbons (Fsp3) is 0.316. The maximum Gasteiger partial charge on any atom is 0.328 e. The number of benzene rings is 1. The third-order valence-electron chi connectivity index (χ3n) is 5.02. The molecule has 9 heteroatoms. The van der Waals surface area contributed by atoms with Gasteiger partial charge in [-0.25, -0.2) is 13.9 Å². The molecule has 28 heavy (non-hydrogen) atoms. The van der Waals surface area contributed by atoms with Gasteiger partial charge in [-0.1, -0.05) is 24.1 Å². The summed E-state index contributed by atoms with van der Waals surface area (Å²) in [6.07, 6.45) is 6.47. The van der Waals surface area contributed by atoms with Gasteiger partial charge in [0.15, 0.2) is 6.04 Å². The van der Waals surface area contributed by atoms with E-state index in [0.717, 1.165) is 5.70 Å². The zero-order chi connectivity index (χ0) is 19.8. The Morgan fingerprint density at radius 1 is 1.32 bits per heavy atom. The molecule has 3 heterocycles. The minimum absolute atomic E-state index is 0.377. The van der Waals surface area contributed by atoms with Gasteiger partial charge in [-0.15, -0.1) is 0 Å². The molecule has 146 valence electrons. The lowest BCUT2D eigenvalue weighted by Crippen LogP contribution is -2.36. The van der Waals surface area contributed by atoms with Crippen molar-refractivity contribution in [2.75, 3.05) is 12.9 Å². The lowest BCUT2D eigenvalue weighted by Gasteiger charge is -2.29. The van der Waals surface area contributed by atoms with E-state index in [9.17, 15) is 19.1 Å². The normalized spacial score (nSPS) is 18.7. The van der Waals surface area contributed by atoms with E-state index in [1.54, 1.807) is 23.0 Å². The molecule has 0 spiro atoms. The third kappa shape index (κ3) is 2.95. The van der Waals surface area contributed by atoms with E-state index >= 15 is 0 Å². The predicted molar refractivity (Wildman–Crippen MR) is 107 cm³/mol. The molecule has 2 aromatic rings. The number of allylic oxidation sites excluding steroid dienone is 1. The van der Waals surface area contributed by atoms with Crippen LogP contribution in [0, 0.1) is 5.82 Å². The number of carboxylic acid groups (broad SMARTS) is 1. The molecule has 1 unspecified atom stereocenters. The van der Waals surface area contributed by atoms with Gasteiger partial charge in [-0.2, -0.15) is 0 Å². The van der Waals surface area contributed by atoms with Gasteiger partial charge >= 0.3 is 5.97 Å². The molecule has 0 fully saturated rings. The summed E-state index contributed by atoms with van der Waals surface area (Å²) in [5.74, 6) is -1.42. The van der Waals surface area contributed by atoms with Crippen molar-refractivity contribution in [3.63, 3.8) is 0 Å². The van der Waals surface area contributed by atoms with Crippen molar-refractivity contribution in [2.45, 2.75) is 25.4 Å². The summed E-state index contributed by atoms with van der Waals surface area (Å²) < 4.78 is 18.5. The number of carboxylic acids is 1. The molecule has 0 saturated heterocycles. The highest BCUT2D eigenvalue weighted by Crippen LogP contribution is 2.35. The number of aliphatic carboxylic acids is 1. The molecule has 2 aliphatic heterocycles. The van der Waals surface area contributed by atoms with Crippen molar-refractivity contribution in [2.24, 2.45) is 4.99 Å². The first kappa shape index (κ1) is 18.5. The van der Waals surface area contributed by atoms with E-state index in [1.807, 2.05) is 16.6 Å². The second-order valence-electron chi connectivity index (χ2n) is 6.59. The van der Waals surface area contributed by atoms with E-state index in [2.05, 4.69) is 4.99 Å². The minimum atomic E-state index is -1.03. The fourth-order valence-electron chi connectivity index (χ4n) is 3.77. The van der Waals surface area contributed by atoms with Crippen LogP contribution in [0.4, 0.5) is 4.39 Å². The van der Waals surface area contributed by atoms with Crippen LogP contribution in [-0.4, -0.2) is 43.9 Å². The zero-order valence-electron chi connectivity index (χ0n) is 15.2. The summed E-state index contributed by atoms with van der Waals surface area (Å²) in [5, 5.41) is 9.65. The van der Waals surface area contributed by atoms with Crippen LogP contribution in [0.3, 0.4) is 0 Å². The van der Waals surface area contributed by atoms with Crippen molar-refractivity contribution in [3.05, 3.63) is 52.2 Å². The second-order valence-corrected chi connectivity index (χ2v) is 7.39. The third-order valence-corrected chi connectivity index (χ3v) is 5.77. The minimum Gasteiger partial charge on any atom is -0.480 e. The first-order chi connectivity index (χ1) is 13.5. The number of aromatic nitrogens is 2. The summed E-state index contributed by atoms with van der Waals surface area (Å²) in [4.78, 5) is 29.4. The molecule has 4 rings (SSSR count). The number of halogens is 1. The Bertz CT molecular complexity index is 1040. The molecule has 1 atom stereocenters. The number of rotatable bonds is 4. The van der Waals surface area contributed by atoms with Gasteiger partial charge < -0.3 is 5.11 Å². The molecule has 0 aliphatic carbocycles. The average Bonchev–Trinajstić information content (AvgIpc) is 3.01. The molecule has 2 aliphatic rings. The van der Waals surface area contributed by atoms with E-state index in [4.69, 9.17) is 0 Å². The van der Waals surface area contributed by atoms with E-state index in [1.165, 1.54) is 28.8 Å². The largest absolute Gasteiger partial charge is 0.480 e. The standard InChI is InChI=1S/C19H19FN4O3S/c1-28-23-11-21-9-8-14(23)17-16(12-4-6-13(20)7-5-12)18(25)24-15(19(26)27)3-2-10-22(17)24/h4-9,15H,2-3,10-11H2,1H3,(H,26,27). The van der Waals surface area contributed by atoms with Gasteiger partial charge in [-0.3, -0.25) is 18.8 Å². The highest BCUT2D eigenvalue weighted by atomic mass is 32.2. The van der Waals surface area contributed by atoms with Crippen LogP contribution in [0.2, 0.25) is 0 Å².